The maximum atomic E-state index is 13.5. The second-order valence-electron chi connectivity index (χ2n) is 2.74. The van der Waals surface area contributed by atoms with Gasteiger partial charge in [0.2, 0.25) is 0 Å². The predicted molar refractivity (Wildman–Crippen MR) is 52.0 cm³/mol. The molecular weight excluding hydrogens is 209 g/mol. The number of ether oxygens (including phenoxy) is 1. The third kappa shape index (κ3) is 1.97. The summed E-state index contributed by atoms with van der Waals surface area (Å²) in [4.78, 5) is 0. The molecule has 3 nitrogen and oxygen atoms in total. The molecule has 0 radical (unpaired) electrons. The maximum Gasteiger partial charge on any atom is 0.151 e. The lowest BCUT2D eigenvalue weighted by atomic mass is 10.1. The zero-order valence-corrected chi connectivity index (χ0v) is 8.38. The van der Waals surface area contributed by atoms with E-state index in [2.05, 4.69) is 0 Å². The standard InChI is InChI=1S/C9H11ClFNO2/c1-14-7-3-2-5(6(13)4-12)9(11)8(7)10/h2-3,6,13H,4,12H2,1H3. The van der Waals surface area contributed by atoms with Crippen LogP contribution < -0.4 is 10.5 Å². The lowest BCUT2D eigenvalue weighted by Crippen LogP contribution is -2.13. The maximum absolute atomic E-state index is 13.5. The van der Waals surface area contributed by atoms with E-state index < -0.39 is 11.9 Å². The summed E-state index contributed by atoms with van der Waals surface area (Å²) in [5.74, 6) is -0.457. The molecule has 1 aromatic carbocycles. The fraction of sp³-hybridized carbons (Fsp3) is 0.333. The molecule has 0 bridgehead atoms. The number of rotatable bonds is 3. The van der Waals surface area contributed by atoms with Gasteiger partial charge in [0.05, 0.1) is 13.2 Å². The highest BCUT2D eigenvalue weighted by Gasteiger charge is 2.16. The Morgan fingerprint density at radius 1 is 1.64 bits per heavy atom. The van der Waals surface area contributed by atoms with Gasteiger partial charge in [0.25, 0.3) is 0 Å². The molecule has 0 aromatic heterocycles. The average Bonchev–Trinajstić information content (AvgIpc) is 2.21. The predicted octanol–water partition coefficient (Wildman–Crippen LogP) is 1.48. The van der Waals surface area contributed by atoms with Crippen LogP contribution in [0.15, 0.2) is 12.1 Å². The quantitative estimate of drug-likeness (QED) is 0.810. The SMILES string of the molecule is COc1ccc(C(O)CN)c(F)c1Cl. The Kier molecular flexibility index (Phi) is 3.69. The summed E-state index contributed by atoms with van der Waals surface area (Å²) in [5.41, 5.74) is 5.28. The van der Waals surface area contributed by atoms with Crippen LogP contribution in [0.25, 0.3) is 0 Å². The number of aliphatic hydroxyl groups excluding tert-OH is 1. The first kappa shape index (κ1) is 11.2. The average molecular weight is 220 g/mol. The topological polar surface area (TPSA) is 55.5 Å². The molecule has 0 spiro atoms. The third-order valence-electron chi connectivity index (χ3n) is 1.88. The summed E-state index contributed by atoms with van der Waals surface area (Å²) in [6.45, 7) is -0.0560. The molecule has 1 aromatic rings. The van der Waals surface area contributed by atoms with Crippen molar-refractivity contribution < 1.29 is 14.2 Å². The van der Waals surface area contributed by atoms with E-state index in [4.69, 9.17) is 22.1 Å². The van der Waals surface area contributed by atoms with E-state index in [-0.39, 0.29) is 22.9 Å². The molecular formula is C9H11ClFNO2. The summed E-state index contributed by atoms with van der Waals surface area (Å²) in [5, 5.41) is 9.19. The van der Waals surface area contributed by atoms with Crippen molar-refractivity contribution in [1.29, 1.82) is 0 Å². The van der Waals surface area contributed by atoms with Crippen LogP contribution >= 0.6 is 11.6 Å². The van der Waals surface area contributed by atoms with Gasteiger partial charge in [-0.05, 0) is 12.1 Å². The van der Waals surface area contributed by atoms with Gasteiger partial charge >= 0.3 is 0 Å². The first-order chi connectivity index (χ1) is 6.61. The van der Waals surface area contributed by atoms with Gasteiger partial charge in [-0.2, -0.15) is 0 Å². The van der Waals surface area contributed by atoms with E-state index in [1.54, 1.807) is 0 Å². The minimum atomic E-state index is -1.04. The summed E-state index contributed by atoms with van der Waals surface area (Å²) < 4.78 is 18.3. The first-order valence-corrected chi connectivity index (χ1v) is 4.39. The Bertz CT molecular complexity index is 333. The zero-order chi connectivity index (χ0) is 10.7. The Hall–Kier alpha value is -0.840. The van der Waals surface area contributed by atoms with Crippen LogP contribution in [0, 0.1) is 5.82 Å². The van der Waals surface area contributed by atoms with Crippen molar-refractivity contribution >= 4 is 11.6 Å². The van der Waals surface area contributed by atoms with Crippen LogP contribution in [0.2, 0.25) is 5.02 Å². The minimum absolute atomic E-state index is 0.0560. The van der Waals surface area contributed by atoms with Crippen molar-refractivity contribution in [2.75, 3.05) is 13.7 Å². The van der Waals surface area contributed by atoms with Crippen LogP contribution in [-0.2, 0) is 0 Å². The Morgan fingerprint density at radius 2 is 2.29 bits per heavy atom. The zero-order valence-electron chi connectivity index (χ0n) is 7.63. The second-order valence-corrected chi connectivity index (χ2v) is 3.11. The molecule has 0 saturated heterocycles. The van der Waals surface area contributed by atoms with Crippen LogP contribution in [-0.4, -0.2) is 18.8 Å². The van der Waals surface area contributed by atoms with Gasteiger partial charge in [-0.1, -0.05) is 11.6 Å². The monoisotopic (exact) mass is 219 g/mol. The van der Waals surface area contributed by atoms with Crippen molar-refractivity contribution in [3.8, 4) is 5.75 Å². The lowest BCUT2D eigenvalue weighted by Gasteiger charge is -2.12. The van der Waals surface area contributed by atoms with Gasteiger partial charge in [0.15, 0.2) is 5.82 Å². The van der Waals surface area contributed by atoms with Crippen molar-refractivity contribution in [2.45, 2.75) is 6.10 Å². The Morgan fingerprint density at radius 3 is 2.79 bits per heavy atom. The number of halogens is 2. The fourth-order valence-corrected chi connectivity index (χ4v) is 1.34. The van der Waals surface area contributed by atoms with Crippen molar-refractivity contribution in [1.82, 2.24) is 0 Å². The number of benzene rings is 1. The van der Waals surface area contributed by atoms with Gasteiger partial charge in [0.1, 0.15) is 10.8 Å². The van der Waals surface area contributed by atoms with E-state index in [0.717, 1.165) is 0 Å². The normalized spacial score (nSPS) is 12.6. The molecule has 1 unspecified atom stereocenters. The van der Waals surface area contributed by atoms with E-state index >= 15 is 0 Å². The van der Waals surface area contributed by atoms with Crippen LogP contribution in [0.3, 0.4) is 0 Å². The lowest BCUT2D eigenvalue weighted by molar-refractivity contribution is 0.181. The minimum Gasteiger partial charge on any atom is -0.495 e. The summed E-state index contributed by atoms with van der Waals surface area (Å²) >= 11 is 5.65. The van der Waals surface area contributed by atoms with Gasteiger partial charge in [-0.15, -0.1) is 0 Å². The number of aliphatic hydroxyl groups is 1. The smallest absolute Gasteiger partial charge is 0.151 e. The molecule has 0 aliphatic heterocycles. The first-order valence-electron chi connectivity index (χ1n) is 4.01. The van der Waals surface area contributed by atoms with Gasteiger partial charge < -0.3 is 15.6 Å². The highest BCUT2D eigenvalue weighted by molar-refractivity contribution is 6.32. The molecule has 5 heteroatoms. The molecule has 1 atom stereocenters. The Balaban J connectivity index is 3.17. The van der Waals surface area contributed by atoms with E-state index in [1.165, 1.54) is 19.2 Å². The summed E-state index contributed by atoms with van der Waals surface area (Å²) in [6, 6.07) is 2.89. The molecule has 3 N–H and O–H groups in total. The summed E-state index contributed by atoms with van der Waals surface area (Å²) in [7, 11) is 1.39. The van der Waals surface area contributed by atoms with Crippen LogP contribution in [0.5, 0.6) is 5.75 Å². The fourth-order valence-electron chi connectivity index (χ4n) is 1.09. The largest absolute Gasteiger partial charge is 0.495 e. The molecule has 0 amide bonds. The van der Waals surface area contributed by atoms with E-state index in [0.29, 0.717) is 0 Å². The molecule has 14 heavy (non-hydrogen) atoms. The molecule has 1 rings (SSSR count). The molecule has 78 valence electrons. The molecule has 0 heterocycles. The Labute approximate surface area is 86.2 Å². The van der Waals surface area contributed by atoms with E-state index in [9.17, 15) is 9.50 Å². The van der Waals surface area contributed by atoms with Crippen molar-refractivity contribution in [2.24, 2.45) is 5.73 Å². The molecule has 0 aliphatic rings. The number of hydrogen-bond acceptors (Lipinski definition) is 3. The third-order valence-corrected chi connectivity index (χ3v) is 2.23. The van der Waals surface area contributed by atoms with Gasteiger partial charge in [-0.25, -0.2) is 4.39 Å². The highest BCUT2D eigenvalue weighted by atomic mass is 35.5. The van der Waals surface area contributed by atoms with Crippen molar-refractivity contribution in [3.63, 3.8) is 0 Å². The number of methoxy groups -OCH3 is 1. The molecule has 0 aliphatic carbocycles. The number of hydrogen-bond donors (Lipinski definition) is 2. The van der Waals surface area contributed by atoms with Crippen LogP contribution in [0.4, 0.5) is 4.39 Å². The van der Waals surface area contributed by atoms with Crippen molar-refractivity contribution in [3.05, 3.63) is 28.5 Å². The molecule has 0 saturated carbocycles. The van der Waals surface area contributed by atoms with Gasteiger partial charge in [0, 0.05) is 12.1 Å². The highest BCUT2D eigenvalue weighted by Crippen LogP contribution is 2.31. The van der Waals surface area contributed by atoms with E-state index in [1.807, 2.05) is 0 Å². The second kappa shape index (κ2) is 4.59. The molecule has 0 fully saturated rings. The number of nitrogens with two attached hydrogens (primary N) is 1. The van der Waals surface area contributed by atoms with Gasteiger partial charge in [-0.3, -0.25) is 0 Å². The van der Waals surface area contributed by atoms with Crippen LogP contribution in [0.1, 0.15) is 11.7 Å². The summed E-state index contributed by atoms with van der Waals surface area (Å²) in [6.07, 6.45) is -1.04.